The van der Waals surface area contributed by atoms with Crippen molar-refractivity contribution in [1.82, 2.24) is 0 Å². The number of hydrogen-bond donors (Lipinski definition) is 2. The molecule has 6 heteroatoms. The van der Waals surface area contributed by atoms with E-state index in [9.17, 15) is 14.7 Å². The monoisotopic (exact) mass is 388 g/mol. The third kappa shape index (κ3) is 16.7. The number of likely N-dealkylation sites (N-methyl/N-ethyl adjacent to an activating group) is 1. The number of carbonyl (C=O) groups is 2. The van der Waals surface area contributed by atoms with E-state index in [0.717, 1.165) is 12.8 Å². The minimum Gasteiger partial charge on any atom is -0.481 e. The molecule has 0 aromatic heterocycles. The summed E-state index contributed by atoms with van der Waals surface area (Å²) in [5.41, 5.74) is 0. The van der Waals surface area contributed by atoms with Crippen molar-refractivity contribution >= 4 is 11.9 Å². The standard InChI is InChI=1S/C21H41NO5/c1-5-6-7-8-9-10-11-12-13-14-15-16-20(25)27-21(26,17-19(23)24)18-22(2,3)4/h26H,5-18H2,1-4H3/p+1/t21-/m1/s1. The molecule has 0 radical (unpaired) electrons. The fourth-order valence-electron chi connectivity index (χ4n) is 3.30. The second-order valence-electron chi connectivity index (χ2n) is 8.72. The molecular formula is C21H42NO5+. The first-order valence-corrected chi connectivity index (χ1v) is 10.5. The summed E-state index contributed by atoms with van der Waals surface area (Å²) in [6.45, 7) is 2.26. The molecule has 27 heavy (non-hydrogen) atoms. The van der Waals surface area contributed by atoms with Crippen LogP contribution in [0.15, 0.2) is 0 Å². The molecule has 0 aromatic rings. The Bertz CT molecular complexity index is 419. The third-order valence-electron chi connectivity index (χ3n) is 4.44. The van der Waals surface area contributed by atoms with Gasteiger partial charge < -0.3 is 19.4 Å². The molecule has 0 aromatic carbocycles. The maximum atomic E-state index is 12.0. The summed E-state index contributed by atoms with van der Waals surface area (Å²) in [7, 11) is 5.43. The molecule has 0 aliphatic carbocycles. The molecule has 0 bridgehead atoms. The lowest BCUT2D eigenvalue weighted by Crippen LogP contribution is -2.52. The van der Waals surface area contributed by atoms with Crippen LogP contribution in [0, 0.1) is 0 Å². The van der Waals surface area contributed by atoms with Crippen molar-refractivity contribution in [2.24, 2.45) is 0 Å². The molecule has 0 saturated heterocycles. The lowest BCUT2D eigenvalue weighted by Gasteiger charge is -2.34. The van der Waals surface area contributed by atoms with E-state index in [1.165, 1.54) is 51.4 Å². The highest BCUT2D eigenvalue weighted by Crippen LogP contribution is 2.19. The van der Waals surface area contributed by atoms with Gasteiger partial charge in [0.05, 0.1) is 21.1 Å². The van der Waals surface area contributed by atoms with Gasteiger partial charge in [-0.1, -0.05) is 71.1 Å². The van der Waals surface area contributed by atoms with Crippen LogP contribution in [0.2, 0.25) is 0 Å². The lowest BCUT2D eigenvalue weighted by molar-refractivity contribution is -0.880. The van der Waals surface area contributed by atoms with Crippen molar-refractivity contribution in [3.63, 3.8) is 0 Å². The average Bonchev–Trinajstić information content (AvgIpc) is 2.49. The van der Waals surface area contributed by atoms with E-state index in [1.807, 2.05) is 21.1 Å². The van der Waals surface area contributed by atoms with E-state index in [4.69, 9.17) is 9.84 Å². The van der Waals surface area contributed by atoms with Gasteiger partial charge in [0, 0.05) is 6.42 Å². The summed E-state index contributed by atoms with van der Waals surface area (Å²) >= 11 is 0. The number of esters is 1. The fraction of sp³-hybridized carbons (Fsp3) is 0.905. The van der Waals surface area contributed by atoms with Gasteiger partial charge in [-0.25, -0.2) is 0 Å². The van der Waals surface area contributed by atoms with Gasteiger partial charge in [0.25, 0.3) is 5.79 Å². The summed E-state index contributed by atoms with van der Waals surface area (Å²) < 4.78 is 5.44. The van der Waals surface area contributed by atoms with E-state index in [-0.39, 0.29) is 13.0 Å². The summed E-state index contributed by atoms with van der Waals surface area (Å²) in [4.78, 5) is 23.0. The Morgan fingerprint density at radius 2 is 1.30 bits per heavy atom. The van der Waals surface area contributed by atoms with Crippen LogP contribution in [0.4, 0.5) is 0 Å². The second kappa shape index (κ2) is 13.9. The second-order valence-corrected chi connectivity index (χ2v) is 8.72. The Labute approximate surface area is 165 Å². The molecule has 0 heterocycles. The number of hydrogen-bond acceptors (Lipinski definition) is 4. The van der Waals surface area contributed by atoms with Crippen LogP contribution in [0.1, 0.15) is 90.4 Å². The van der Waals surface area contributed by atoms with E-state index >= 15 is 0 Å². The van der Waals surface area contributed by atoms with E-state index in [2.05, 4.69) is 6.92 Å². The number of ether oxygens (including phenoxy) is 1. The molecule has 0 unspecified atom stereocenters. The predicted molar refractivity (Wildman–Crippen MR) is 107 cm³/mol. The van der Waals surface area contributed by atoms with Gasteiger partial charge in [-0.2, -0.15) is 0 Å². The number of carboxylic acids is 1. The third-order valence-corrected chi connectivity index (χ3v) is 4.44. The molecule has 0 fully saturated rings. The lowest BCUT2D eigenvalue weighted by atomic mass is 10.1. The van der Waals surface area contributed by atoms with Crippen molar-refractivity contribution in [2.45, 2.75) is 96.2 Å². The molecular weight excluding hydrogens is 346 g/mol. The topological polar surface area (TPSA) is 83.8 Å². The number of carbonyl (C=O) groups excluding carboxylic acids is 1. The van der Waals surface area contributed by atoms with Gasteiger partial charge in [0.1, 0.15) is 13.0 Å². The molecule has 0 aliphatic heterocycles. The Morgan fingerprint density at radius 3 is 1.70 bits per heavy atom. The number of rotatable bonds is 17. The zero-order chi connectivity index (χ0) is 20.8. The summed E-state index contributed by atoms with van der Waals surface area (Å²) in [5.74, 6) is -3.67. The molecule has 0 spiro atoms. The molecule has 0 rings (SSSR count). The minimum atomic E-state index is -1.96. The largest absolute Gasteiger partial charge is 0.481 e. The highest BCUT2D eigenvalue weighted by molar-refractivity contribution is 5.72. The first kappa shape index (κ1) is 25.9. The number of carboxylic acid groups (broad SMARTS) is 1. The molecule has 6 nitrogen and oxygen atoms in total. The maximum Gasteiger partial charge on any atom is 0.310 e. The summed E-state index contributed by atoms with van der Waals surface area (Å²) in [5, 5.41) is 19.4. The Kier molecular flexibility index (Phi) is 13.4. The Balaban J connectivity index is 3.91. The van der Waals surface area contributed by atoms with Crippen molar-refractivity contribution < 1.29 is 29.0 Å². The maximum absolute atomic E-state index is 12.0. The SMILES string of the molecule is CCCCCCCCCCCCCC(=O)O[C@](O)(CC(=O)O)C[N+](C)(C)C. The van der Waals surface area contributed by atoms with Gasteiger partial charge in [-0.3, -0.25) is 9.59 Å². The normalized spacial score (nSPS) is 14.0. The van der Waals surface area contributed by atoms with Crippen molar-refractivity contribution in [3.05, 3.63) is 0 Å². The van der Waals surface area contributed by atoms with Crippen molar-refractivity contribution in [1.29, 1.82) is 0 Å². The summed E-state index contributed by atoms with van der Waals surface area (Å²) in [6.07, 6.45) is 12.7. The zero-order valence-electron chi connectivity index (χ0n) is 18.0. The van der Waals surface area contributed by atoms with Gasteiger partial charge in [-0.15, -0.1) is 0 Å². The smallest absolute Gasteiger partial charge is 0.310 e. The van der Waals surface area contributed by atoms with Gasteiger partial charge in [0.2, 0.25) is 0 Å². The van der Waals surface area contributed by atoms with E-state index in [0.29, 0.717) is 10.9 Å². The summed E-state index contributed by atoms with van der Waals surface area (Å²) in [6, 6.07) is 0. The Morgan fingerprint density at radius 1 is 0.852 bits per heavy atom. The predicted octanol–water partition coefficient (Wildman–Crippen LogP) is 4.10. The first-order chi connectivity index (χ1) is 12.6. The van der Waals surface area contributed by atoms with Crippen LogP contribution in [0.25, 0.3) is 0 Å². The number of aliphatic hydroxyl groups is 1. The fourth-order valence-corrected chi connectivity index (χ4v) is 3.30. The molecule has 2 N–H and O–H groups in total. The van der Waals surface area contributed by atoms with Crippen LogP contribution in [0.3, 0.4) is 0 Å². The van der Waals surface area contributed by atoms with Crippen molar-refractivity contribution in [3.8, 4) is 0 Å². The number of quaternary nitrogens is 1. The van der Waals surface area contributed by atoms with Crippen LogP contribution in [0.5, 0.6) is 0 Å². The highest BCUT2D eigenvalue weighted by atomic mass is 16.7. The van der Waals surface area contributed by atoms with Crippen molar-refractivity contribution in [2.75, 3.05) is 27.7 Å². The zero-order valence-corrected chi connectivity index (χ0v) is 18.0. The van der Waals surface area contributed by atoms with Crippen LogP contribution in [-0.4, -0.2) is 60.1 Å². The number of unbranched alkanes of at least 4 members (excludes halogenated alkanes) is 10. The minimum absolute atomic E-state index is 0.0310. The molecule has 1 atom stereocenters. The molecule has 0 aliphatic rings. The van der Waals surface area contributed by atoms with E-state index < -0.39 is 24.1 Å². The molecule has 0 amide bonds. The van der Waals surface area contributed by atoms with Gasteiger partial charge >= 0.3 is 11.9 Å². The number of nitrogens with zero attached hydrogens (tertiary/aromatic N) is 1. The van der Waals surface area contributed by atoms with Gasteiger partial charge in [-0.05, 0) is 6.42 Å². The van der Waals surface area contributed by atoms with Gasteiger partial charge in [0.15, 0.2) is 0 Å². The quantitative estimate of drug-likeness (QED) is 0.170. The Hall–Kier alpha value is -1.14. The average molecular weight is 389 g/mol. The molecule has 0 saturated carbocycles. The first-order valence-electron chi connectivity index (χ1n) is 10.5. The van der Waals surface area contributed by atoms with E-state index in [1.54, 1.807) is 0 Å². The number of aliphatic carboxylic acids is 1. The van der Waals surface area contributed by atoms with Crippen LogP contribution in [-0.2, 0) is 14.3 Å². The molecule has 160 valence electrons. The highest BCUT2D eigenvalue weighted by Gasteiger charge is 2.40. The van der Waals surface area contributed by atoms with Crippen LogP contribution < -0.4 is 0 Å². The van der Waals surface area contributed by atoms with Crippen LogP contribution >= 0.6 is 0 Å².